The predicted molar refractivity (Wildman–Crippen MR) is 203 cm³/mol. The van der Waals surface area contributed by atoms with Crippen molar-refractivity contribution >= 4 is 46.7 Å². The fourth-order valence-corrected chi connectivity index (χ4v) is 9.86. The number of thiophene rings is 2. The maximum atomic E-state index is 13.3. The molecule has 2 saturated heterocycles. The number of fused-ring (bicyclic) bond motifs is 2. The van der Waals surface area contributed by atoms with Crippen molar-refractivity contribution in [2.75, 3.05) is 34.7 Å². The Morgan fingerprint density at radius 2 is 1.47 bits per heavy atom. The zero-order valence-corrected chi connectivity index (χ0v) is 32.9. The average Bonchev–Trinajstić information content (AvgIpc) is 3.92. The van der Waals surface area contributed by atoms with Gasteiger partial charge in [-0.3, -0.25) is 24.1 Å². The summed E-state index contributed by atoms with van der Waals surface area (Å²) in [5.74, 6) is 2.78. The van der Waals surface area contributed by atoms with Gasteiger partial charge in [-0.05, 0) is 76.1 Å². The summed E-state index contributed by atoms with van der Waals surface area (Å²) in [5, 5.41) is 12.3. The van der Waals surface area contributed by atoms with Gasteiger partial charge in [-0.2, -0.15) is 0 Å². The molecule has 0 radical (unpaired) electrons. The maximum absolute atomic E-state index is 13.3. The van der Waals surface area contributed by atoms with E-state index in [0.717, 1.165) is 79.2 Å². The van der Waals surface area contributed by atoms with Crippen molar-refractivity contribution in [1.29, 1.82) is 0 Å². The lowest BCUT2D eigenvalue weighted by atomic mass is 9.88. The van der Waals surface area contributed by atoms with Crippen LogP contribution in [0.1, 0.15) is 142 Å². The number of carbonyl (C=O) groups is 4. The number of nitrogens with zero attached hydrogens (tertiary/aromatic N) is 6. The fraction of sp³-hybridized carbons (Fsp3) is 0.632. The summed E-state index contributed by atoms with van der Waals surface area (Å²) in [6.07, 6.45) is 11.9. The SMILES string of the molecule is CN(C)C(=O)c1ccc(C=O)s1.Cc1nnc(C(C)C)n1C1CC2CCC(C1)N2CC[C@H](NC(=O)C1CCCCC1)c1ccc(C(=O)N(C)C)s1. The fourth-order valence-electron chi connectivity index (χ4n) is 7.90. The highest BCUT2D eigenvalue weighted by Crippen LogP contribution is 2.43. The van der Waals surface area contributed by atoms with E-state index < -0.39 is 0 Å². The predicted octanol–water partition coefficient (Wildman–Crippen LogP) is 6.73. The molecule has 1 N–H and O–H groups in total. The molecule has 3 fully saturated rings. The Bertz CT molecular complexity index is 1640. The molecule has 13 heteroatoms. The first kappa shape index (κ1) is 38.8. The minimum atomic E-state index is -0.0619. The second-order valence-electron chi connectivity index (χ2n) is 15.0. The van der Waals surface area contributed by atoms with Gasteiger partial charge in [-0.1, -0.05) is 33.1 Å². The summed E-state index contributed by atoms with van der Waals surface area (Å²) in [6, 6.07) is 8.80. The molecule has 3 aliphatic rings. The molecule has 3 amide bonds. The van der Waals surface area contributed by atoms with Crippen LogP contribution in [0.15, 0.2) is 24.3 Å². The smallest absolute Gasteiger partial charge is 0.263 e. The van der Waals surface area contributed by atoms with Crippen LogP contribution in [-0.2, 0) is 4.79 Å². The highest BCUT2D eigenvalue weighted by molar-refractivity contribution is 7.15. The Balaban J connectivity index is 0.000000357. The number of rotatable bonds is 11. The van der Waals surface area contributed by atoms with E-state index in [9.17, 15) is 19.2 Å². The van der Waals surface area contributed by atoms with E-state index in [1.807, 2.05) is 6.07 Å². The number of aldehydes is 1. The zero-order chi connectivity index (χ0) is 36.8. The molecule has 1 aliphatic carbocycles. The van der Waals surface area contributed by atoms with Crippen molar-refractivity contribution in [3.05, 3.63) is 55.4 Å². The standard InChI is InChI=1S/C30H46N6O2S.C8H9NO2S/c1-19(2)28-33-32-20(3)36(28)24-17-22-11-12-23(18-24)35(22)16-15-25(31-29(37)21-9-7-6-8-10-21)26-13-14-27(39-26)30(38)34(4)5;1-9(2)8(11)7-4-3-6(5-10)12-7/h13-14,19,21-25H,6-12,15-18H2,1-5H3,(H,31,37);3-5H,1-2H3/t22?,23?,24?,25-;/m0./s1. The first-order valence-electron chi connectivity index (χ1n) is 18.4. The molecular weight excluding hydrogens is 683 g/mol. The largest absolute Gasteiger partial charge is 0.348 e. The molecule has 278 valence electrons. The van der Waals surface area contributed by atoms with Crippen LogP contribution in [0.4, 0.5) is 0 Å². The van der Waals surface area contributed by atoms with Crippen LogP contribution in [0.3, 0.4) is 0 Å². The third-order valence-corrected chi connectivity index (χ3v) is 12.7. The van der Waals surface area contributed by atoms with Crippen molar-refractivity contribution in [3.8, 4) is 0 Å². The number of carbonyl (C=O) groups excluding carboxylic acids is 4. The summed E-state index contributed by atoms with van der Waals surface area (Å²) in [6.45, 7) is 7.45. The second-order valence-corrected chi connectivity index (χ2v) is 17.2. The Morgan fingerprint density at radius 1 is 0.863 bits per heavy atom. The van der Waals surface area contributed by atoms with E-state index >= 15 is 0 Å². The third-order valence-electron chi connectivity index (χ3n) is 10.5. The van der Waals surface area contributed by atoms with Gasteiger partial charge in [0.25, 0.3) is 11.8 Å². The van der Waals surface area contributed by atoms with E-state index in [4.69, 9.17) is 0 Å². The van der Waals surface area contributed by atoms with Crippen LogP contribution in [0.25, 0.3) is 0 Å². The molecule has 2 unspecified atom stereocenters. The Labute approximate surface area is 310 Å². The Kier molecular flexibility index (Phi) is 13.2. The minimum Gasteiger partial charge on any atom is -0.348 e. The first-order valence-corrected chi connectivity index (χ1v) is 20.1. The van der Waals surface area contributed by atoms with Crippen molar-refractivity contribution in [2.45, 2.75) is 115 Å². The van der Waals surface area contributed by atoms with Crippen LogP contribution >= 0.6 is 22.7 Å². The molecule has 0 aromatic carbocycles. The monoisotopic (exact) mass is 737 g/mol. The molecule has 51 heavy (non-hydrogen) atoms. The topological polar surface area (TPSA) is 121 Å². The first-order chi connectivity index (χ1) is 24.4. The van der Waals surface area contributed by atoms with Crippen LogP contribution in [0, 0.1) is 12.8 Å². The lowest BCUT2D eigenvalue weighted by Crippen LogP contribution is -2.45. The molecule has 2 aliphatic heterocycles. The van der Waals surface area contributed by atoms with Gasteiger partial charge < -0.3 is 19.7 Å². The Hall–Kier alpha value is -3.42. The minimum absolute atomic E-state index is 0.0220. The van der Waals surface area contributed by atoms with Crippen LogP contribution < -0.4 is 5.32 Å². The van der Waals surface area contributed by atoms with Crippen LogP contribution in [0.5, 0.6) is 0 Å². The molecular formula is C38H55N7O4S2. The normalized spacial score (nSPS) is 21.1. The van der Waals surface area contributed by atoms with Crippen molar-refractivity contribution in [2.24, 2.45) is 5.92 Å². The summed E-state index contributed by atoms with van der Waals surface area (Å²) in [4.78, 5) is 56.3. The van der Waals surface area contributed by atoms with Gasteiger partial charge in [-0.25, -0.2) is 0 Å². The molecule has 11 nitrogen and oxygen atoms in total. The number of hydrogen-bond acceptors (Lipinski definition) is 9. The number of aryl methyl sites for hydroxylation is 1. The molecule has 3 atom stereocenters. The van der Waals surface area contributed by atoms with Crippen LogP contribution in [-0.4, -0.2) is 100 Å². The summed E-state index contributed by atoms with van der Waals surface area (Å²) in [7, 11) is 6.94. The van der Waals surface area contributed by atoms with Gasteiger partial charge in [0.1, 0.15) is 11.6 Å². The lowest BCUT2D eigenvalue weighted by Gasteiger charge is -2.40. The number of aromatic nitrogens is 3. The molecule has 2 bridgehead atoms. The van der Waals surface area contributed by atoms with E-state index in [1.165, 1.54) is 46.8 Å². The molecule has 3 aromatic rings. The molecule has 3 aromatic heterocycles. The maximum Gasteiger partial charge on any atom is 0.263 e. The van der Waals surface area contributed by atoms with Crippen molar-refractivity contribution in [3.63, 3.8) is 0 Å². The zero-order valence-electron chi connectivity index (χ0n) is 31.3. The van der Waals surface area contributed by atoms with Gasteiger partial charge in [0.05, 0.1) is 20.7 Å². The highest BCUT2D eigenvalue weighted by atomic mass is 32.1. The molecule has 0 spiro atoms. The van der Waals surface area contributed by atoms with E-state index in [1.54, 1.807) is 45.2 Å². The molecule has 6 rings (SSSR count). The average molecular weight is 738 g/mol. The van der Waals surface area contributed by atoms with Gasteiger partial charge in [0, 0.05) is 69.6 Å². The number of piperidine rings is 1. The van der Waals surface area contributed by atoms with E-state index in [-0.39, 0.29) is 29.7 Å². The van der Waals surface area contributed by atoms with Gasteiger partial charge in [0.2, 0.25) is 5.91 Å². The lowest BCUT2D eigenvalue weighted by molar-refractivity contribution is -0.126. The number of amides is 3. The van der Waals surface area contributed by atoms with Gasteiger partial charge in [-0.15, -0.1) is 32.9 Å². The summed E-state index contributed by atoms with van der Waals surface area (Å²) >= 11 is 2.74. The molecule has 5 heterocycles. The second kappa shape index (κ2) is 17.4. The van der Waals surface area contributed by atoms with Crippen molar-refractivity contribution in [1.82, 2.24) is 34.8 Å². The summed E-state index contributed by atoms with van der Waals surface area (Å²) in [5.41, 5.74) is 0. The number of hydrogen-bond donors (Lipinski definition) is 1. The Morgan fingerprint density at radius 3 is 2.04 bits per heavy atom. The van der Waals surface area contributed by atoms with Crippen LogP contribution in [0.2, 0.25) is 0 Å². The number of nitrogens with one attached hydrogen (secondary N) is 1. The molecule has 1 saturated carbocycles. The summed E-state index contributed by atoms with van der Waals surface area (Å²) < 4.78 is 2.41. The quantitative estimate of drug-likeness (QED) is 0.217. The van der Waals surface area contributed by atoms with Gasteiger partial charge in [0.15, 0.2) is 6.29 Å². The van der Waals surface area contributed by atoms with E-state index in [0.29, 0.717) is 33.8 Å². The van der Waals surface area contributed by atoms with E-state index in [2.05, 4.69) is 51.8 Å². The third kappa shape index (κ3) is 9.34. The van der Waals surface area contributed by atoms with Gasteiger partial charge >= 0.3 is 0 Å². The highest BCUT2D eigenvalue weighted by Gasteiger charge is 2.42. The van der Waals surface area contributed by atoms with Crippen molar-refractivity contribution < 1.29 is 19.2 Å².